The summed E-state index contributed by atoms with van der Waals surface area (Å²) in [5.41, 5.74) is -1.72. The fourth-order valence-electron chi connectivity index (χ4n) is 10.4. The number of hydrogen-bond acceptors (Lipinski definition) is 4. The van der Waals surface area contributed by atoms with Gasteiger partial charge in [-0.2, -0.15) is 0 Å². The number of carbonyl (C=O) groups excluding carboxylic acids is 3. The largest absolute Gasteiger partial charge is 0.443 e. The van der Waals surface area contributed by atoms with E-state index in [2.05, 4.69) is 41.5 Å². The molecule has 1 heterocycles. The van der Waals surface area contributed by atoms with E-state index in [-0.39, 0.29) is 22.5 Å². The zero-order valence-electron chi connectivity index (χ0n) is 22.2. The number of esters is 1. The minimum Gasteiger partial charge on any atom is -0.443 e. The van der Waals surface area contributed by atoms with Crippen molar-refractivity contribution in [2.24, 2.45) is 44.3 Å². The predicted octanol–water partition coefficient (Wildman–Crippen LogP) is 6.30. The number of ether oxygens (including phenoxy) is 1. The van der Waals surface area contributed by atoms with Gasteiger partial charge in [-0.15, -0.1) is 0 Å². The average molecular weight is 457 g/mol. The van der Waals surface area contributed by atoms with E-state index in [1.165, 1.54) is 25.7 Å². The molecule has 0 amide bonds. The van der Waals surface area contributed by atoms with E-state index in [0.717, 1.165) is 25.7 Å². The normalized spacial score (nSPS) is 55.0. The maximum atomic E-state index is 13.4. The van der Waals surface area contributed by atoms with E-state index in [1.54, 1.807) is 6.92 Å². The molecule has 5 aliphatic rings. The van der Waals surface area contributed by atoms with E-state index < -0.39 is 28.2 Å². The van der Waals surface area contributed by atoms with Crippen LogP contribution in [0.15, 0.2) is 0 Å². The third kappa shape index (κ3) is 2.42. The quantitative estimate of drug-likeness (QED) is 0.343. The molecule has 0 N–H and O–H groups in total. The van der Waals surface area contributed by atoms with Crippen molar-refractivity contribution in [1.82, 2.24) is 0 Å². The van der Waals surface area contributed by atoms with Gasteiger partial charge in [0.25, 0.3) is 5.78 Å². The highest BCUT2D eigenvalue weighted by Crippen LogP contribution is 2.79. The molecular formula is C29H44O4. The van der Waals surface area contributed by atoms with Crippen LogP contribution in [0.4, 0.5) is 0 Å². The second-order valence-corrected chi connectivity index (χ2v) is 14.7. The van der Waals surface area contributed by atoms with Crippen LogP contribution >= 0.6 is 0 Å². The lowest BCUT2D eigenvalue weighted by Crippen LogP contribution is -2.81. The Morgan fingerprint density at radius 1 is 0.758 bits per heavy atom. The Morgan fingerprint density at radius 2 is 1.30 bits per heavy atom. The Morgan fingerprint density at radius 3 is 1.88 bits per heavy atom. The highest BCUT2D eigenvalue weighted by atomic mass is 16.6. The highest BCUT2D eigenvalue weighted by Gasteiger charge is 2.82. The van der Waals surface area contributed by atoms with Crippen molar-refractivity contribution in [3.8, 4) is 0 Å². The predicted molar refractivity (Wildman–Crippen MR) is 127 cm³/mol. The summed E-state index contributed by atoms with van der Waals surface area (Å²) in [5, 5.41) is 0. The van der Waals surface area contributed by atoms with Gasteiger partial charge in [0.2, 0.25) is 0 Å². The lowest BCUT2D eigenvalue weighted by atomic mass is 9.29. The SMILES string of the molecule is CC(=O)[C@@]1(C)CC[C@H]2[C@@](C)(CC[C@@]3(C)[C@@H]4CC(C)(C)CC[C@]4(C)CC[C@]23C)[C@@]12OC(=O)C2=O. The third-order valence-corrected chi connectivity index (χ3v) is 13.0. The zero-order valence-corrected chi connectivity index (χ0v) is 22.2. The van der Waals surface area contributed by atoms with Crippen LogP contribution in [0.3, 0.4) is 0 Å². The standard InChI is InChI=1S/C29H44O4/c1-18(30)25(5)10-9-19-26(6)14-13-24(4)12-11-23(2,3)17-20(24)27(26,7)15-16-28(19,8)29(25)21(31)22(32)33-29/h19-20H,9-17H2,1-8H3/t19-,20-,24-,25-,26-,27+,28-,29+/m1/s1. The Hall–Kier alpha value is -1.19. The van der Waals surface area contributed by atoms with E-state index in [1.807, 2.05) is 6.92 Å². The Bertz CT molecular complexity index is 951. The van der Waals surface area contributed by atoms with Gasteiger partial charge in [-0.25, -0.2) is 4.79 Å². The number of hydrogen-bond donors (Lipinski definition) is 0. The van der Waals surface area contributed by atoms with Gasteiger partial charge in [-0.3, -0.25) is 9.59 Å². The van der Waals surface area contributed by atoms with Crippen LogP contribution in [0.1, 0.15) is 113 Å². The van der Waals surface area contributed by atoms with Gasteiger partial charge in [0.05, 0.1) is 5.41 Å². The van der Waals surface area contributed by atoms with Gasteiger partial charge in [0.15, 0.2) is 5.60 Å². The molecule has 0 aromatic carbocycles. The monoisotopic (exact) mass is 456 g/mol. The molecule has 4 heteroatoms. The van der Waals surface area contributed by atoms with E-state index in [9.17, 15) is 14.4 Å². The number of ketones is 2. The van der Waals surface area contributed by atoms with Crippen LogP contribution < -0.4 is 0 Å². The second kappa shape index (κ2) is 6.32. The molecule has 1 spiro atoms. The summed E-state index contributed by atoms with van der Waals surface area (Å²) in [6.07, 6.45) is 9.70. The molecule has 4 saturated carbocycles. The summed E-state index contributed by atoms with van der Waals surface area (Å²) in [7, 11) is 0. The summed E-state index contributed by atoms with van der Waals surface area (Å²) in [6, 6.07) is 0. The Kier molecular flexibility index (Phi) is 4.51. The van der Waals surface area contributed by atoms with Gasteiger partial charge in [0, 0.05) is 5.41 Å². The van der Waals surface area contributed by atoms with Crippen molar-refractivity contribution < 1.29 is 19.1 Å². The molecule has 0 radical (unpaired) electrons. The van der Waals surface area contributed by atoms with Crippen molar-refractivity contribution in [2.45, 2.75) is 119 Å². The molecule has 1 saturated heterocycles. The minimum atomic E-state index is -1.29. The van der Waals surface area contributed by atoms with E-state index in [4.69, 9.17) is 4.74 Å². The highest BCUT2D eigenvalue weighted by molar-refractivity contribution is 6.44. The van der Waals surface area contributed by atoms with Crippen LogP contribution in [0.25, 0.3) is 0 Å². The number of rotatable bonds is 1. The van der Waals surface area contributed by atoms with Crippen molar-refractivity contribution in [3.05, 3.63) is 0 Å². The van der Waals surface area contributed by atoms with Crippen LogP contribution in [-0.2, 0) is 19.1 Å². The summed E-state index contributed by atoms with van der Waals surface area (Å²) in [5.74, 6) is -0.282. The van der Waals surface area contributed by atoms with Crippen LogP contribution in [0, 0.1) is 44.3 Å². The lowest BCUT2D eigenvalue weighted by molar-refractivity contribution is -0.301. The summed E-state index contributed by atoms with van der Waals surface area (Å²) < 4.78 is 5.94. The van der Waals surface area contributed by atoms with E-state index in [0.29, 0.717) is 23.2 Å². The second-order valence-electron chi connectivity index (χ2n) is 14.7. The van der Waals surface area contributed by atoms with Gasteiger partial charge in [-0.05, 0) is 105 Å². The number of carbonyl (C=O) groups is 3. The maximum absolute atomic E-state index is 13.4. The minimum absolute atomic E-state index is 0.0215. The molecule has 1 aliphatic heterocycles. The molecule has 8 atom stereocenters. The van der Waals surface area contributed by atoms with Gasteiger partial charge >= 0.3 is 5.97 Å². The van der Waals surface area contributed by atoms with Crippen LogP contribution in [0.5, 0.6) is 0 Å². The topological polar surface area (TPSA) is 60.4 Å². The molecule has 0 unspecified atom stereocenters. The zero-order chi connectivity index (χ0) is 24.5. The first-order valence-electron chi connectivity index (χ1n) is 13.3. The number of fused-ring (bicyclic) bond motifs is 6. The Balaban J connectivity index is 1.63. The summed E-state index contributed by atoms with van der Waals surface area (Å²) in [6.45, 7) is 18.1. The number of Topliss-reactive ketones (excluding diaryl/α,β-unsaturated/α-hetero) is 2. The molecular weight excluding hydrogens is 412 g/mol. The molecule has 5 fully saturated rings. The van der Waals surface area contributed by atoms with Gasteiger partial charge in [0.1, 0.15) is 5.78 Å². The first-order chi connectivity index (χ1) is 15.0. The molecule has 184 valence electrons. The van der Waals surface area contributed by atoms with Crippen molar-refractivity contribution in [2.75, 3.05) is 0 Å². The molecule has 5 rings (SSSR count). The van der Waals surface area contributed by atoms with Crippen LogP contribution in [-0.4, -0.2) is 23.1 Å². The Labute approximate surface area is 200 Å². The maximum Gasteiger partial charge on any atom is 0.380 e. The fraction of sp³-hybridized carbons (Fsp3) is 0.897. The van der Waals surface area contributed by atoms with Crippen molar-refractivity contribution in [1.29, 1.82) is 0 Å². The molecule has 4 nitrogen and oxygen atoms in total. The lowest BCUT2D eigenvalue weighted by Gasteiger charge is -2.75. The van der Waals surface area contributed by atoms with Crippen LogP contribution in [0.2, 0.25) is 0 Å². The third-order valence-electron chi connectivity index (χ3n) is 13.0. The molecule has 4 aliphatic carbocycles. The molecule has 33 heavy (non-hydrogen) atoms. The smallest absolute Gasteiger partial charge is 0.380 e. The van der Waals surface area contributed by atoms with Gasteiger partial charge in [-0.1, -0.05) is 41.5 Å². The molecule has 0 aromatic rings. The first kappa shape index (κ1) is 23.5. The molecule has 0 aromatic heterocycles. The molecule has 0 bridgehead atoms. The first-order valence-corrected chi connectivity index (χ1v) is 13.3. The fourth-order valence-corrected chi connectivity index (χ4v) is 10.4. The summed E-state index contributed by atoms with van der Waals surface area (Å²) in [4.78, 5) is 38.7. The van der Waals surface area contributed by atoms with Crippen molar-refractivity contribution in [3.63, 3.8) is 0 Å². The summed E-state index contributed by atoms with van der Waals surface area (Å²) >= 11 is 0. The average Bonchev–Trinajstić information content (AvgIpc) is 2.73. The van der Waals surface area contributed by atoms with Crippen molar-refractivity contribution >= 4 is 17.5 Å². The van der Waals surface area contributed by atoms with Gasteiger partial charge < -0.3 is 4.74 Å². The van der Waals surface area contributed by atoms with E-state index >= 15 is 0 Å².